The highest BCUT2D eigenvalue weighted by atomic mass is 35.5. The van der Waals surface area contributed by atoms with Crippen LogP contribution >= 0.6 is 35.4 Å². The summed E-state index contributed by atoms with van der Waals surface area (Å²) >= 11 is 18.0. The Kier molecular flexibility index (Phi) is 5.83. The second kappa shape index (κ2) is 8.78. The van der Waals surface area contributed by atoms with Crippen molar-refractivity contribution in [3.8, 4) is 11.3 Å². The third kappa shape index (κ3) is 4.10. The molecule has 2 aromatic heterocycles. The molecule has 0 radical (unpaired) electrons. The zero-order valence-electron chi connectivity index (χ0n) is 17.4. The molecule has 0 aliphatic carbocycles. The zero-order valence-corrected chi connectivity index (χ0v) is 19.8. The minimum atomic E-state index is -0.339. The Hall–Kier alpha value is -2.93. The van der Waals surface area contributed by atoms with Gasteiger partial charge in [0.2, 0.25) is 0 Å². The first kappa shape index (κ1) is 21.9. The van der Waals surface area contributed by atoms with E-state index in [9.17, 15) is 4.39 Å². The minimum Gasteiger partial charge on any atom is -0.459 e. The second-order valence-electron chi connectivity index (χ2n) is 7.76. The van der Waals surface area contributed by atoms with E-state index < -0.39 is 0 Å². The number of aromatic nitrogens is 1. The van der Waals surface area contributed by atoms with Crippen LogP contribution in [0.15, 0.2) is 77.3 Å². The molecule has 0 bridgehead atoms. The first-order valence-corrected chi connectivity index (χ1v) is 11.4. The van der Waals surface area contributed by atoms with E-state index >= 15 is 0 Å². The van der Waals surface area contributed by atoms with Gasteiger partial charge in [0.1, 0.15) is 23.4 Å². The van der Waals surface area contributed by atoms with Crippen LogP contribution in [0, 0.1) is 12.7 Å². The third-order valence-corrected chi connectivity index (χ3v) is 6.69. The van der Waals surface area contributed by atoms with E-state index in [1.165, 1.54) is 6.07 Å². The number of furan rings is 1. The lowest BCUT2D eigenvalue weighted by atomic mass is 10.0. The minimum absolute atomic E-state index is 0.267. The van der Waals surface area contributed by atoms with Crippen molar-refractivity contribution in [2.45, 2.75) is 19.0 Å². The molecule has 33 heavy (non-hydrogen) atoms. The van der Waals surface area contributed by atoms with Crippen molar-refractivity contribution in [1.82, 2.24) is 10.3 Å². The quantitative estimate of drug-likeness (QED) is 0.300. The van der Waals surface area contributed by atoms with Crippen molar-refractivity contribution in [2.24, 2.45) is 0 Å². The van der Waals surface area contributed by atoms with Crippen LogP contribution in [0.4, 0.5) is 10.1 Å². The summed E-state index contributed by atoms with van der Waals surface area (Å²) in [5, 5.41) is 4.81. The third-order valence-electron chi connectivity index (χ3n) is 5.64. The fourth-order valence-corrected chi connectivity index (χ4v) is 4.66. The number of hydrogen-bond acceptors (Lipinski definition) is 3. The molecule has 8 heteroatoms. The normalized spacial score (nSPS) is 17.9. The lowest BCUT2D eigenvalue weighted by Gasteiger charge is -2.26. The molecule has 2 aromatic carbocycles. The van der Waals surface area contributed by atoms with Crippen LogP contribution in [-0.2, 0) is 0 Å². The maximum atomic E-state index is 14.0. The highest BCUT2D eigenvalue weighted by molar-refractivity contribution is 7.80. The van der Waals surface area contributed by atoms with Crippen LogP contribution in [0.1, 0.15) is 29.1 Å². The number of thiocarbonyl (C=S) groups is 1. The molecule has 0 amide bonds. The molecule has 0 saturated carbocycles. The number of nitrogens with one attached hydrogen (secondary N) is 1. The summed E-state index contributed by atoms with van der Waals surface area (Å²) in [4.78, 5) is 6.48. The van der Waals surface area contributed by atoms with Gasteiger partial charge in [0.15, 0.2) is 5.11 Å². The lowest BCUT2D eigenvalue weighted by Crippen LogP contribution is -2.29. The molecule has 3 heterocycles. The van der Waals surface area contributed by atoms with Crippen LogP contribution in [-0.4, -0.2) is 10.1 Å². The van der Waals surface area contributed by atoms with Crippen LogP contribution < -0.4 is 10.2 Å². The van der Waals surface area contributed by atoms with Gasteiger partial charge in [-0.2, -0.15) is 0 Å². The topological polar surface area (TPSA) is 41.3 Å². The van der Waals surface area contributed by atoms with Crippen molar-refractivity contribution in [3.63, 3.8) is 0 Å². The Morgan fingerprint density at radius 1 is 1.03 bits per heavy atom. The van der Waals surface area contributed by atoms with E-state index in [-0.39, 0.29) is 17.9 Å². The number of nitrogens with zero attached hydrogens (tertiary/aromatic N) is 2. The molecule has 1 aliphatic rings. The highest BCUT2D eigenvalue weighted by Crippen LogP contribution is 2.43. The Bertz CT molecular complexity index is 1340. The summed E-state index contributed by atoms with van der Waals surface area (Å²) in [6.45, 7) is 1.73. The summed E-state index contributed by atoms with van der Waals surface area (Å²) in [6, 6.07) is 19.2. The molecule has 166 valence electrons. The molecule has 1 saturated heterocycles. The van der Waals surface area contributed by atoms with Crippen LogP contribution in [0.2, 0.25) is 10.0 Å². The van der Waals surface area contributed by atoms with E-state index in [4.69, 9.17) is 39.8 Å². The number of rotatable bonds is 4. The van der Waals surface area contributed by atoms with Crippen molar-refractivity contribution in [1.29, 1.82) is 0 Å². The maximum absolute atomic E-state index is 14.0. The molecular weight excluding hydrogens is 480 g/mol. The van der Waals surface area contributed by atoms with Crippen LogP contribution in [0.25, 0.3) is 11.3 Å². The molecular formula is C25H18Cl2FN3OS. The van der Waals surface area contributed by atoms with Gasteiger partial charge in [-0.15, -0.1) is 0 Å². The van der Waals surface area contributed by atoms with E-state index in [1.807, 2.05) is 41.3 Å². The predicted molar refractivity (Wildman–Crippen MR) is 133 cm³/mol. The molecule has 0 spiro atoms. The average Bonchev–Trinajstić information content (AvgIpc) is 3.43. The molecule has 1 N–H and O–H groups in total. The van der Waals surface area contributed by atoms with Crippen LogP contribution in [0.5, 0.6) is 0 Å². The van der Waals surface area contributed by atoms with Crippen molar-refractivity contribution < 1.29 is 8.81 Å². The van der Waals surface area contributed by atoms with E-state index in [0.29, 0.717) is 32.2 Å². The Morgan fingerprint density at radius 2 is 1.88 bits per heavy atom. The van der Waals surface area contributed by atoms with E-state index in [0.717, 1.165) is 16.9 Å². The first-order valence-electron chi connectivity index (χ1n) is 10.2. The molecule has 1 fully saturated rings. The largest absolute Gasteiger partial charge is 0.459 e. The van der Waals surface area contributed by atoms with Crippen molar-refractivity contribution >= 4 is 46.2 Å². The standard InChI is InChI=1S/C25H18Cl2FN3OS/c1-14-12-16(6-8-19(14)28)31-24(23(30-25(31)33)20-4-2-3-11-29-20)22-10-9-21(32-22)15-5-7-17(26)18(27)13-15/h2-13,23-24H,1H3,(H,30,33)/t23-,24+/m0/s1. The van der Waals surface area contributed by atoms with Gasteiger partial charge in [-0.1, -0.05) is 29.3 Å². The summed E-state index contributed by atoms with van der Waals surface area (Å²) in [5.41, 5.74) is 2.93. The number of anilines is 1. The number of halogens is 3. The monoisotopic (exact) mass is 497 g/mol. The van der Waals surface area contributed by atoms with Gasteiger partial charge in [-0.25, -0.2) is 4.39 Å². The Balaban J connectivity index is 1.61. The van der Waals surface area contributed by atoms with Gasteiger partial charge >= 0.3 is 0 Å². The number of aryl methyl sites for hydroxylation is 1. The van der Waals surface area contributed by atoms with Gasteiger partial charge in [-0.3, -0.25) is 4.98 Å². The lowest BCUT2D eigenvalue weighted by molar-refractivity contribution is 0.439. The molecule has 1 aliphatic heterocycles. The average molecular weight is 498 g/mol. The Morgan fingerprint density at radius 3 is 2.61 bits per heavy atom. The van der Waals surface area contributed by atoms with Gasteiger partial charge in [-0.05, 0) is 85.4 Å². The molecule has 5 rings (SSSR count). The Labute approximate surface area is 206 Å². The van der Waals surface area contributed by atoms with Gasteiger partial charge < -0.3 is 14.6 Å². The summed E-state index contributed by atoms with van der Waals surface area (Å²) < 4.78 is 20.3. The summed E-state index contributed by atoms with van der Waals surface area (Å²) in [7, 11) is 0. The SMILES string of the molecule is Cc1cc(N2C(=S)N[C@@H](c3ccccn3)[C@H]2c2ccc(-c3ccc(Cl)c(Cl)c3)o2)ccc1F. The summed E-state index contributed by atoms with van der Waals surface area (Å²) in [6.07, 6.45) is 1.74. The zero-order chi connectivity index (χ0) is 23.1. The number of benzene rings is 2. The predicted octanol–water partition coefficient (Wildman–Crippen LogP) is 7.27. The van der Waals surface area contributed by atoms with E-state index in [1.54, 1.807) is 37.4 Å². The fourth-order valence-electron chi connectivity index (χ4n) is 4.02. The van der Waals surface area contributed by atoms with Crippen molar-refractivity contribution in [3.05, 3.63) is 106 Å². The molecule has 2 atom stereocenters. The van der Waals surface area contributed by atoms with E-state index in [2.05, 4.69) is 10.3 Å². The number of pyridine rings is 1. The van der Waals surface area contributed by atoms with Gasteiger partial charge in [0.25, 0.3) is 0 Å². The first-order chi connectivity index (χ1) is 15.9. The van der Waals surface area contributed by atoms with Crippen LogP contribution in [0.3, 0.4) is 0 Å². The number of hydrogen-bond donors (Lipinski definition) is 1. The molecule has 0 unspecified atom stereocenters. The second-order valence-corrected chi connectivity index (χ2v) is 8.96. The molecule has 4 aromatic rings. The highest BCUT2D eigenvalue weighted by Gasteiger charge is 2.42. The van der Waals surface area contributed by atoms with Crippen molar-refractivity contribution in [2.75, 3.05) is 4.90 Å². The fraction of sp³-hybridized carbons (Fsp3) is 0.120. The summed E-state index contributed by atoms with van der Waals surface area (Å²) in [5.74, 6) is 1.06. The van der Waals surface area contributed by atoms with Gasteiger partial charge in [0.05, 0.1) is 21.8 Å². The smallest absolute Gasteiger partial charge is 0.174 e. The van der Waals surface area contributed by atoms with Gasteiger partial charge in [0, 0.05) is 17.4 Å². The maximum Gasteiger partial charge on any atom is 0.174 e. The molecule has 4 nitrogen and oxygen atoms in total.